The summed E-state index contributed by atoms with van der Waals surface area (Å²) in [4.78, 5) is 28.6. The van der Waals surface area contributed by atoms with Crippen molar-refractivity contribution in [3.8, 4) is 11.5 Å². The third-order valence-corrected chi connectivity index (χ3v) is 6.62. The number of guanidine groups is 1. The van der Waals surface area contributed by atoms with Crippen LogP contribution < -0.4 is 25.8 Å². The molecule has 0 atom stereocenters. The van der Waals surface area contributed by atoms with Crippen LogP contribution >= 0.6 is 0 Å². The van der Waals surface area contributed by atoms with E-state index in [1.165, 1.54) is 37.6 Å². The summed E-state index contributed by atoms with van der Waals surface area (Å²) in [5.41, 5.74) is 6.60. The van der Waals surface area contributed by atoms with Gasteiger partial charge in [-0.05, 0) is 49.2 Å². The van der Waals surface area contributed by atoms with Gasteiger partial charge in [0.1, 0.15) is 28.7 Å². The number of allylic oxidation sites excluding steroid dienone is 1. The number of carbonyl (C=O) groups excluding carboxylic acids is 1. The number of likely N-dealkylation sites (tertiary alicyclic amines) is 1. The predicted molar refractivity (Wildman–Crippen MR) is 157 cm³/mol. The minimum atomic E-state index is -4.67. The molecular weight excluding hydrogens is 551 g/mol. The largest absolute Gasteiger partial charge is 0.496 e. The van der Waals surface area contributed by atoms with E-state index in [9.17, 15) is 18.0 Å². The summed E-state index contributed by atoms with van der Waals surface area (Å²) in [7, 11) is 2.59. The van der Waals surface area contributed by atoms with Crippen LogP contribution in [0.25, 0.3) is 0 Å². The van der Waals surface area contributed by atoms with Gasteiger partial charge in [0.15, 0.2) is 0 Å². The SMILES string of the molecule is C=C/N=C1/C=NC(N2CCCCCC2)=N/C1=C(/N)Nc1cc(C(=O)Nc2ccc(OC)c(C(F)(F)F)c2)ccc1OC. The molecule has 222 valence electrons. The average Bonchev–Trinajstić information content (AvgIpc) is 3.27. The van der Waals surface area contributed by atoms with Crippen LogP contribution in [-0.4, -0.2) is 56.0 Å². The lowest BCUT2D eigenvalue weighted by molar-refractivity contribution is -0.138. The number of nitrogens with one attached hydrogen (secondary N) is 2. The Morgan fingerprint density at radius 3 is 2.38 bits per heavy atom. The summed E-state index contributed by atoms with van der Waals surface area (Å²) in [5, 5.41) is 5.54. The summed E-state index contributed by atoms with van der Waals surface area (Å²) in [6.07, 6.45) is 2.63. The first-order chi connectivity index (χ1) is 20.1. The van der Waals surface area contributed by atoms with E-state index in [2.05, 4.69) is 32.1 Å². The van der Waals surface area contributed by atoms with Gasteiger partial charge in [0.2, 0.25) is 5.96 Å². The number of rotatable bonds is 7. The van der Waals surface area contributed by atoms with E-state index in [1.54, 1.807) is 6.21 Å². The Morgan fingerprint density at radius 1 is 1.05 bits per heavy atom. The molecule has 42 heavy (non-hydrogen) atoms. The molecule has 2 aliphatic heterocycles. The molecule has 2 aromatic rings. The Kier molecular flexibility index (Phi) is 9.50. The Bertz CT molecular complexity index is 1460. The molecule has 2 aromatic carbocycles. The smallest absolute Gasteiger partial charge is 0.420 e. The van der Waals surface area contributed by atoms with Gasteiger partial charge in [-0.3, -0.25) is 9.79 Å². The number of carbonyl (C=O) groups is 1. The number of benzene rings is 2. The van der Waals surface area contributed by atoms with Crippen LogP contribution in [0, 0.1) is 0 Å². The second kappa shape index (κ2) is 13.2. The minimum Gasteiger partial charge on any atom is -0.496 e. The summed E-state index contributed by atoms with van der Waals surface area (Å²) in [6, 6.07) is 7.76. The Labute approximate surface area is 241 Å². The van der Waals surface area contributed by atoms with Crippen molar-refractivity contribution < 1.29 is 27.4 Å². The van der Waals surface area contributed by atoms with Crippen LogP contribution in [0.5, 0.6) is 11.5 Å². The molecule has 2 heterocycles. The van der Waals surface area contributed by atoms with Crippen LogP contribution in [0.4, 0.5) is 24.5 Å². The van der Waals surface area contributed by atoms with Gasteiger partial charge >= 0.3 is 6.18 Å². The van der Waals surface area contributed by atoms with Crippen molar-refractivity contribution in [1.29, 1.82) is 0 Å². The maximum atomic E-state index is 13.4. The van der Waals surface area contributed by atoms with Crippen LogP contribution in [-0.2, 0) is 6.18 Å². The first kappa shape index (κ1) is 30.2. The van der Waals surface area contributed by atoms with E-state index in [0.717, 1.165) is 58.0 Å². The van der Waals surface area contributed by atoms with Crippen molar-refractivity contribution in [2.45, 2.75) is 31.9 Å². The molecule has 10 nitrogen and oxygen atoms in total. The number of hydrogen-bond donors (Lipinski definition) is 3. The van der Waals surface area contributed by atoms with Crippen LogP contribution in [0.3, 0.4) is 0 Å². The summed E-state index contributed by atoms with van der Waals surface area (Å²) in [6.45, 7) is 5.30. The molecule has 0 aliphatic carbocycles. The molecule has 1 saturated heterocycles. The quantitative estimate of drug-likeness (QED) is 0.400. The number of nitrogens with two attached hydrogens (primary N) is 1. The first-order valence-electron chi connectivity index (χ1n) is 13.2. The average molecular weight is 584 g/mol. The summed E-state index contributed by atoms with van der Waals surface area (Å²) in [5.74, 6) is 0.00816. The highest BCUT2D eigenvalue weighted by atomic mass is 19.4. The fraction of sp³-hybridized carbons (Fsp3) is 0.310. The zero-order chi connectivity index (χ0) is 30.3. The lowest BCUT2D eigenvalue weighted by Gasteiger charge is -2.24. The van der Waals surface area contributed by atoms with Crippen LogP contribution in [0.2, 0.25) is 0 Å². The van der Waals surface area contributed by atoms with Crippen molar-refractivity contribution in [2.75, 3.05) is 37.9 Å². The fourth-order valence-electron chi connectivity index (χ4n) is 4.54. The highest BCUT2D eigenvalue weighted by Gasteiger charge is 2.34. The molecule has 4 N–H and O–H groups in total. The topological polar surface area (TPSA) is 126 Å². The molecule has 13 heteroatoms. The number of nitrogens with zero attached hydrogens (tertiary/aromatic N) is 4. The number of ether oxygens (including phenoxy) is 2. The number of halogens is 3. The maximum absolute atomic E-state index is 13.4. The molecule has 1 amide bonds. The molecule has 0 aromatic heterocycles. The predicted octanol–water partition coefficient (Wildman–Crippen LogP) is 5.42. The third-order valence-electron chi connectivity index (χ3n) is 6.62. The molecule has 0 unspecified atom stereocenters. The monoisotopic (exact) mass is 583 g/mol. The highest BCUT2D eigenvalue weighted by molar-refractivity contribution is 6.41. The zero-order valence-corrected chi connectivity index (χ0v) is 23.3. The second-order valence-corrected chi connectivity index (χ2v) is 9.44. The van der Waals surface area contributed by atoms with Crippen molar-refractivity contribution in [2.24, 2.45) is 20.7 Å². The lowest BCUT2D eigenvalue weighted by Crippen LogP contribution is -2.34. The standard InChI is InChI=1S/C29H32F3N7O3/c1-4-34-22-17-35-28(39-13-7-5-6-8-14-39)38-25(22)26(33)37-21-15-18(9-11-24(21)42-3)27(40)36-19-10-12-23(41-2)20(16-19)29(30,31)32/h4,9-12,15-17,37H,1,5-8,13-14,33H2,2-3H3,(H,36,40)/b26-25-,34-22-. The van der Waals surface area contributed by atoms with E-state index < -0.39 is 17.6 Å². The van der Waals surface area contributed by atoms with Gasteiger partial charge < -0.3 is 30.7 Å². The van der Waals surface area contributed by atoms with Crippen molar-refractivity contribution in [3.05, 3.63) is 71.8 Å². The van der Waals surface area contributed by atoms with Crippen molar-refractivity contribution in [3.63, 3.8) is 0 Å². The normalized spacial score (nSPS) is 17.7. The van der Waals surface area contributed by atoms with Gasteiger partial charge in [-0.2, -0.15) is 13.2 Å². The second-order valence-electron chi connectivity index (χ2n) is 9.44. The first-order valence-corrected chi connectivity index (χ1v) is 13.2. The van der Waals surface area contributed by atoms with Crippen LogP contribution in [0.1, 0.15) is 41.6 Å². The lowest BCUT2D eigenvalue weighted by atomic mass is 10.1. The molecule has 0 spiro atoms. The zero-order valence-electron chi connectivity index (χ0n) is 23.3. The molecule has 4 rings (SSSR count). The number of hydrogen-bond acceptors (Lipinski definition) is 9. The van der Waals surface area contributed by atoms with Gasteiger partial charge in [-0.1, -0.05) is 19.4 Å². The number of amides is 1. The van der Waals surface area contributed by atoms with Crippen LogP contribution in [0.15, 0.2) is 75.7 Å². The molecule has 0 bridgehead atoms. The van der Waals surface area contributed by atoms with E-state index >= 15 is 0 Å². The Morgan fingerprint density at radius 2 is 1.74 bits per heavy atom. The maximum Gasteiger partial charge on any atom is 0.420 e. The summed E-state index contributed by atoms with van der Waals surface area (Å²) < 4.78 is 50.6. The van der Waals surface area contributed by atoms with E-state index in [1.807, 2.05) is 0 Å². The third kappa shape index (κ3) is 7.09. The Hall–Kier alpha value is -4.81. The summed E-state index contributed by atoms with van der Waals surface area (Å²) >= 11 is 0. The number of methoxy groups -OCH3 is 2. The van der Waals surface area contributed by atoms with Gasteiger partial charge in [0.05, 0.1) is 31.7 Å². The van der Waals surface area contributed by atoms with Gasteiger partial charge in [-0.15, -0.1) is 0 Å². The molecular formula is C29H32F3N7O3. The number of aliphatic imine (C=N–C) groups is 3. The van der Waals surface area contributed by atoms with Gasteiger partial charge in [0.25, 0.3) is 5.91 Å². The molecule has 0 radical (unpaired) electrons. The van der Waals surface area contributed by atoms with Gasteiger partial charge in [0, 0.05) is 30.5 Å². The Balaban J connectivity index is 1.63. The minimum absolute atomic E-state index is 0.0535. The highest BCUT2D eigenvalue weighted by Crippen LogP contribution is 2.38. The van der Waals surface area contributed by atoms with E-state index in [-0.39, 0.29) is 22.8 Å². The van der Waals surface area contributed by atoms with Gasteiger partial charge in [-0.25, -0.2) is 9.98 Å². The number of anilines is 2. The molecule has 0 saturated carbocycles. The molecule has 1 fully saturated rings. The molecule has 2 aliphatic rings. The van der Waals surface area contributed by atoms with Crippen molar-refractivity contribution in [1.82, 2.24) is 4.90 Å². The fourth-order valence-corrected chi connectivity index (χ4v) is 4.54. The number of alkyl halides is 3. The van der Waals surface area contributed by atoms with E-state index in [4.69, 9.17) is 20.2 Å². The van der Waals surface area contributed by atoms with E-state index in [0.29, 0.717) is 28.8 Å². The van der Waals surface area contributed by atoms with Crippen molar-refractivity contribution >= 4 is 35.2 Å².